The van der Waals surface area contributed by atoms with E-state index in [1.165, 1.54) is 6.42 Å². The lowest BCUT2D eigenvalue weighted by molar-refractivity contribution is 0.0930. The van der Waals surface area contributed by atoms with E-state index in [4.69, 9.17) is 0 Å². The average molecular weight is 286 g/mol. The third kappa shape index (κ3) is 2.35. The Morgan fingerprint density at radius 2 is 2.38 bits per heavy atom. The molecule has 0 radical (unpaired) electrons. The molecular weight excluding hydrogens is 270 g/mol. The number of hydrogen-bond acceptors (Lipinski definition) is 3. The first-order valence-corrected chi connectivity index (χ1v) is 6.44. The number of rotatable bonds is 2. The van der Waals surface area contributed by atoms with Gasteiger partial charge in [0.1, 0.15) is 5.69 Å². The molecule has 1 aliphatic rings. The van der Waals surface area contributed by atoms with E-state index in [1.807, 2.05) is 0 Å². The number of halogens is 1. The summed E-state index contributed by atoms with van der Waals surface area (Å²) in [6, 6.07) is -0.0470. The van der Waals surface area contributed by atoms with E-state index >= 15 is 0 Å². The Balaban J connectivity index is 2.17. The molecule has 1 saturated heterocycles. The molecule has 1 aromatic rings. The van der Waals surface area contributed by atoms with E-state index in [0.717, 1.165) is 30.3 Å². The van der Waals surface area contributed by atoms with Crippen molar-refractivity contribution in [1.82, 2.24) is 15.1 Å². The zero-order valence-corrected chi connectivity index (χ0v) is 11.0. The highest BCUT2D eigenvalue weighted by molar-refractivity contribution is 9.10. The Morgan fingerprint density at radius 3 is 3.06 bits per heavy atom. The lowest BCUT2D eigenvalue weighted by atomic mass is 10.0. The van der Waals surface area contributed by atoms with Crippen LogP contribution in [0.5, 0.6) is 0 Å². The molecule has 88 valence electrons. The van der Waals surface area contributed by atoms with Crippen LogP contribution in [-0.4, -0.2) is 28.2 Å². The molecule has 4 nitrogen and oxygen atoms in total. The van der Waals surface area contributed by atoms with E-state index in [0.29, 0.717) is 5.69 Å². The van der Waals surface area contributed by atoms with Crippen molar-refractivity contribution < 1.29 is 4.79 Å². The molecule has 2 rings (SSSR count). The maximum atomic E-state index is 12.3. The molecule has 2 heterocycles. The molecule has 5 heteroatoms. The van der Waals surface area contributed by atoms with Gasteiger partial charge in [-0.15, -0.1) is 0 Å². The van der Waals surface area contributed by atoms with Crippen LogP contribution in [0.4, 0.5) is 0 Å². The van der Waals surface area contributed by atoms with E-state index < -0.39 is 0 Å². The summed E-state index contributed by atoms with van der Waals surface area (Å²) in [5, 5.41) is 7.39. The van der Waals surface area contributed by atoms with E-state index in [-0.39, 0.29) is 11.8 Å². The fourth-order valence-electron chi connectivity index (χ4n) is 2.11. The normalized spacial score (nSPS) is 21.8. The fraction of sp³-hybridized carbons (Fsp3) is 0.636. The zero-order chi connectivity index (χ0) is 11.5. The molecule has 0 amide bonds. The summed E-state index contributed by atoms with van der Waals surface area (Å²) in [6.07, 6.45) is 6.10. The van der Waals surface area contributed by atoms with Gasteiger partial charge in [0.15, 0.2) is 5.78 Å². The van der Waals surface area contributed by atoms with Gasteiger partial charge in [0.05, 0.1) is 16.7 Å². The molecule has 0 aliphatic carbocycles. The number of Topliss-reactive ketones (excluding diaryl/α,β-unsaturated/α-hetero) is 1. The lowest BCUT2D eigenvalue weighted by Gasteiger charge is -2.14. The topological polar surface area (TPSA) is 46.9 Å². The number of carbonyl (C=O) groups excluding carboxylic acids is 1. The lowest BCUT2D eigenvalue weighted by Crippen LogP contribution is -2.37. The summed E-state index contributed by atoms with van der Waals surface area (Å²) in [5.74, 6) is 0.147. The highest BCUT2D eigenvalue weighted by Crippen LogP contribution is 2.19. The van der Waals surface area contributed by atoms with Crippen LogP contribution in [-0.2, 0) is 7.05 Å². The Hall–Kier alpha value is -0.680. The van der Waals surface area contributed by atoms with Gasteiger partial charge in [-0.25, -0.2) is 0 Å². The van der Waals surface area contributed by atoms with Crippen LogP contribution < -0.4 is 5.32 Å². The molecule has 0 bridgehead atoms. The minimum atomic E-state index is -0.0470. The van der Waals surface area contributed by atoms with Gasteiger partial charge in [0, 0.05) is 7.05 Å². The number of aryl methyl sites for hydroxylation is 1. The van der Waals surface area contributed by atoms with Crippen LogP contribution in [0.2, 0.25) is 0 Å². The van der Waals surface area contributed by atoms with Gasteiger partial charge >= 0.3 is 0 Å². The SMILES string of the molecule is Cn1ncc(Br)c1C(=O)C1CCCCCN1. The molecule has 1 N–H and O–H groups in total. The molecule has 1 fully saturated rings. The Labute approximate surface area is 104 Å². The van der Waals surface area contributed by atoms with Crippen LogP contribution in [0.3, 0.4) is 0 Å². The monoisotopic (exact) mass is 285 g/mol. The average Bonchev–Trinajstić information content (AvgIpc) is 2.51. The van der Waals surface area contributed by atoms with Crippen LogP contribution in [0.25, 0.3) is 0 Å². The predicted octanol–water partition coefficient (Wildman–Crippen LogP) is 1.90. The van der Waals surface area contributed by atoms with Crippen molar-refractivity contribution in [3.8, 4) is 0 Å². The minimum Gasteiger partial charge on any atom is -0.307 e. The molecule has 0 aromatic carbocycles. The Bertz CT molecular complexity index is 361. The molecule has 1 atom stereocenters. The molecule has 16 heavy (non-hydrogen) atoms. The number of aromatic nitrogens is 2. The predicted molar refractivity (Wildman–Crippen MR) is 65.5 cm³/mol. The first-order valence-electron chi connectivity index (χ1n) is 5.65. The molecule has 1 aromatic heterocycles. The quantitative estimate of drug-likeness (QED) is 0.845. The molecule has 0 saturated carbocycles. The van der Waals surface area contributed by atoms with Crippen molar-refractivity contribution in [2.24, 2.45) is 7.05 Å². The van der Waals surface area contributed by atoms with Gasteiger partial charge in [-0.05, 0) is 35.3 Å². The third-order valence-corrected chi connectivity index (χ3v) is 3.58. The number of ketones is 1. The summed E-state index contributed by atoms with van der Waals surface area (Å²) in [4.78, 5) is 12.3. The first-order chi connectivity index (χ1) is 7.70. The summed E-state index contributed by atoms with van der Waals surface area (Å²) in [5.41, 5.74) is 0.666. The number of nitrogens with zero attached hydrogens (tertiary/aromatic N) is 2. The van der Waals surface area contributed by atoms with Crippen LogP contribution >= 0.6 is 15.9 Å². The van der Waals surface area contributed by atoms with Gasteiger partial charge in [-0.2, -0.15) is 5.10 Å². The van der Waals surface area contributed by atoms with Gasteiger partial charge in [0.2, 0.25) is 0 Å². The van der Waals surface area contributed by atoms with E-state index in [1.54, 1.807) is 17.9 Å². The van der Waals surface area contributed by atoms with Gasteiger partial charge in [-0.1, -0.05) is 12.8 Å². The maximum absolute atomic E-state index is 12.3. The summed E-state index contributed by atoms with van der Waals surface area (Å²) in [6.45, 7) is 0.936. The highest BCUT2D eigenvalue weighted by Gasteiger charge is 2.25. The smallest absolute Gasteiger partial charge is 0.198 e. The summed E-state index contributed by atoms with van der Waals surface area (Å²) < 4.78 is 2.42. The van der Waals surface area contributed by atoms with Crippen molar-refractivity contribution in [3.63, 3.8) is 0 Å². The molecular formula is C11H16BrN3O. The minimum absolute atomic E-state index is 0.0470. The highest BCUT2D eigenvalue weighted by atomic mass is 79.9. The van der Waals surface area contributed by atoms with Gasteiger partial charge in [-0.3, -0.25) is 9.48 Å². The second-order valence-electron chi connectivity index (χ2n) is 4.19. The van der Waals surface area contributed by atoms with Crippen molar-refractivity contribution in [1.29, 1.82) is 0 Å². The van der Waals surface area contributed by atoms with E-state index in [9.17, 15) is 4.79 Å². The van der Waals surface area contributed by atoms with Crippen molar-refractivity contribution >= 4 is 21.7 Å². The summed E-state index contributed by atoms with van der Waals surface area (Å²) >= 11 is 3.37. The zero-order valence-electron chi connectivity index (χ0n) is 9.37. The maximum Gasteiger partial charge on any atom is 0.198 e. The third-order valence-electron chi connectivity index (χ3n) is 3.00. The number of hydrogen-bond donors (Lipinski definition) is 1. The summed E-state index contributed by atoms with van der Waals surface area (Å²) in [7, 11) is 1.80. The molecule has 1 unspecified atom stereocenters. The Kier molecular flexibility index (Phi) is 3.76. The second kappa shape index (κ2) is 5.10. The van der Waals surface area contributed by atoms with Gasteiger partial charge in [0.25, 0.3) is 0 Å². The van der Waals surface area contributed by atoms with Crippen molar-refractivity contribution in [2.45, 2.75) is 31.7 Å². The van der Waals surface area contributed by atoms with Gasteiger partial charge < -0.3 is 5.32 Å². The van der Waals surface area contributed by atoms with Crippen LogP contribution in [0, 0.1) is 0 Å². The van der Waals surface area contributed by atoms with Crippen molar-refractivity contribution in [3.05, 3.63) is 16.4 Å². The first kappa shape index (κ1) is 11.8. The fourth-order valence-corrected chi connectivity index (χ4v) is 2.65. The Morgan fingerprint density at radius 1 is 1.56 bits per heavy atom. The standard InChI is InChI=1S/C11H16BrN3O/c1-15-10(8(12)7-14-15)11(16)9-5-3-2-4-6-13-9/h7,9,13H,2-6H2,1H3. The van der Waals surface area contributed by atoms with Crippen molar-refractivity contribution in [2.75, 3.05) is 6.54 Å². The number of carbonyl (C=O) groups is 1. The second-order valence-corrected chi connectivity index (χ2v) is 5.04. The van der Waals surface area contributed by atoms with Crippen LogP contribution in [0.1, 0.15) is 36.2 Å². The molecule has 0 spiro atoms. The number of nitrogens with one attached hydrogen (secondary N) is 1. The van der Waals surface area contributed by atoms with E-state index in [2.05, 4.69) is 26.3 Å². The van der Waals surface area contributed by atoms with Crippen LogP contribution in [0.15, 0.2) is 10.7 Å². The molecule has 1 aliphatic heterocycles. The largest absolute Gasteiger partial charge is 0.307 e.